The van der Waals surface area contributed by atoms with Crippen LogP contribution >= 0.6 is 0 Å². The van der Waals surface area contributed by atoms with Crippen LogP contribution in [0.2, 0.25) is 0 Å². The largest absolute Gasteiger partial charge is 0.465 e. The van der Waals surface area contributed by atoms with E-state index in [1.807, 2.05) is 32.3 Å². The third-order valence-corrected chi connectivity index (χ3v) is 4.04. The van der Waals surface area contributed by atoms with Crippen LogP contribution < -0.4 is 5.32 Å². The molecule has 2 aromatic carbocycles. The molecule has 2 rings (SSSR count). The first-order valence-corrected chi connectivity index (χ1v) is 8.37. The van der Waals surface area contributed by atoms with E-state index in [9.17, 15) is 9.59 Å². The molecule has 0 bridgehead atoms. The lowest BCUT2D eigenvalue weighted by Gasteiger charge is -2.24. The summed E-state index contributed by atoms with van der Waals surface area (Å²) in [5.74, 6) is -0.543. The maximum Gasteiger partial charge on any atom is 0.337 e. The number of nitrogens with one attached hydrogen (secondary N) is 1. The fraction of sp³-hybridized carbons (Fsp3) is 0.238. The van der Waals surface area contributed by atoms with Crippen LogP contribution in [0.3, 0.4) is 0 Å². The van der Waals surface area contributed by atoms with Gasteiger partial charge in [-0.15, -0.1) is 0 Å². The summed E-state index contributed by atoms with van der Waals surface area (Å²) in [7, 11) is 5.32. The van der Waals surface area contributed by atoms with Crippen LogP contribution in [0.4, 0.5) is 0 Å². The van der Waals surface area contributed by atoms with Crippen molar-refractivity contribution >= 4 is 18.0 Å². The Hall–Kier alpha value is -2.92. The molecule has 0 aliphatic carbocycles. The van der Waals surface area contributed by atoms with Crippen LogP contribution in [0.25, 0.3) is 6.08 Å². The van der Waals surface area contributed by atoms with Gasteiger partial charge in [-0.2, -0.15) is 0 Å². The molecule has 0 saturated heterocycles. The summed E-state index contributed by atoms with van der Waals surface area (Å²) in [6.45, 7) is 0.515. The van der Waals surface area contributed by atoms with Crippen LogP contribution in [0, 0.1) is 0 Å². The molecule has 5 heteroatoms. The van der Waals surface area contributed by atoms with Crippen molar-refractivity contribution < 1.29 is 14.3 Å². The molecule has 5 nitrogen and oxygen atoms in total. The molecule has 136 valence electrons. The third kappa shape index (κ3) is 5.57. The second kappa shape index (κ2) is 9.53. The number of nitrogens with zero attached hydrogens (tertiary/aromatic N) is 1. The number of ether oxygens (including phenoxy) is 1. The predicted molar refractivity (Wildman–Crippen MR) is 103 cm³/mol. The van der Waals surface area contributed by atoms with Gasteiger partial charge in [-0.3, -0.25) is 4.79 Å². The summed E-state index contributed by atoms with van der Waals surface area (Å²) in [5.41, 5.74) is 2.46. The van der Waals surface area contributed by atoms with Gasteiger partial charge in [0.2, 0.25) is 5.91 Å². The highest BCUT2D eigenvalue weighted by Gasteiger charge is 2.14. The first-order valence-electron chi connectivity index (χ1n) is 8.37. The van der Waals surface area contributed by atoms with Gasteiger partial charge in [-0.1, -0.05) is 42.5 Å². The molecule has 0 aromatic heterocycles. The van der Waals surface area contributed by atoms with E-state index in [2.05, 4.69) is 27.1 Å². The van der Waals surface area contributed by atoms with Gasteiger partial charge in [0.1, 0.15) is 0 Å². The Morgan fingerprint density at radius 1 is 1.08 bits per heavy atom. The van der Waals surface area contributed by atoms with E-state index < -0.39 is 0 Å². The molecule has 0 saturated carbocycles. The molecule has 0 radical (unpaired) electrons. The van der Waals surface area contributed by atoms with Gasteiger partial charge in [0.25, 0.3) is 0 Å². The normalized spacial score (nSPS) is 12.2. The van der Waals surface area contributed by atoms with Crippen molar-refractivity contribution in [1.82, 2.24) is 10.2 Å². The number of benzene rings is 2. The smallest absolute Gasteiger partial charge is 0.337 e. The van der Waals surface area contributed by atoms with E-state index in [1.54, 1.807) is 30.3 Å². The van der Waals surface area contributed by atoms with Crippen molar-refractivity contribution in [3.8, 4) is 0 Å². The number of hydrogen-bond donors (Lipinski definition) is 1. The fourth-order valence-corrected chi connectivity index (χ4v) is 2.55. The Kier molecular flexibility index (Phi) is 7.12. The Labute approximate surface area is 154 Å². The number of carbonyl (C=O) groups excluding carboxylic acids is 2. The Balaban J connectivity index is 1.93. The lowest BCUT2D eigenvalue weighted by molar-refractivity contribution is -0.116. The summed E-state index contributed by atoms with van der Waals surface area (Å²) in [6.07, 6.45) is 3.20. The lowest BCUT2D eigenvalue weighted by Crippen LogP contribution is -2.33. The number of amides is 1. The first-order chi connectivity index (χ1) is 12.5. The summed E-state index contributed by atoms with van der Waals surface area (Å²) in [5, 5.41) is 2.93. The number of hydrogen-bond acceptors (Lipinski definition) is 4. The monoisotopic (exact) mass is 352 g/mol. The van der Waals surface area contributed by atoms with Gasteiger partial charge in [0.15, 0.2) is 0 Å². The molecule has 0 fully saturated rings. The van der Waals surface area contributed by atoms with Gasteiger partial charge in [-0.05, 0) is 43.4 Å². The highest BCUT2D eigenvalue weighted by Crippen LogP contribution is 2.16. The van der Waals surface area contributed by atoms with Crippen LogP contribution in [0.5, 0.6) is 0 Å². The summed E-state index contributed by atoms with van der Waals surface area (Å²) < 4.78 is 4.66. The van der Waals surface area contributed by atoms with E-state index in [-0.39, 0.29) is 17.9 Å². The van der Waals surface area contributed by atoms with Crippen LogP contribution in [-0.2, 0) is 9.53 Å². The highest BCUT2D eigenvalue weighted by atomic mass is 16.5. The minimum Gasteiger partial charge on any atom is -0.465 e. The Morgan fingerprint density at radius 2 is 1.73 bits per heavy atom. The fourth-order valence-electron chi connectivity index (χ4n) is 2.55. The average molecular weight is 352 g/mol. The van der Waals surface area contributed by atoms with E-state index in [4.69, 9.17) is 0 Å². The molecule has 0 heterocycles. The molecule has 1 N–H and O–H groups in total. The molecule has 0 aliphatic rings. The Bertz CT molecular complexity index is 753. The summed E-state index contributed by atoms with van der Waals surface area (Å²) in [4.78, 5) is 25.6. The van der Waals surface area contributed by atoms with Crippen molar-refractivity contribution in [2.24, 2.45) is 0 Å². The number of carbonyl (C=O) groups is 2. The molecule has 2 aromatic rings. The zero-order chi connectivity index (χ0) is 18.9. The third-order valence-electron chi connectivity index (χ3n) is 4.04. The topological polar surface area (TPSA) is 58.6 Å². The number of esters is 1. The van der Waals surface area contributed by atoms with Crippen LogP contribution in [0.1, 0.15) is 27.5 Å². The minimum atomic E-state index is -0.381. The number of methoxy groups -OCH3 is 1. The minimum absolute atomic E-state index is 0.105. The van der Waals surface area contributed by atoms with Crippen LogP contribution in [0.15, 0.2) is 60.7 Å². The lowest BCUT2D eigenvalue weighted by atomic mass is 10.1. The van der Waals surface area contributed by atoms with Gasteiger partial charge < -0.3 is 15.0 Å². The molecule has 1 amide bonds. The number of rotatable bonds is 7. The summed E-state index contributed by atoms with van der Waals surface area (Å²) in [6, 6.07) is 17.0. The second-order valence-corrected chi connectivity index (χ2v) is 6.08. The zero-order valence-corrected chi connectivity index (χ0v) is 15.3. The van der Waals surface area contributed by atoms with E-state index >= 15 is 0 Å². The van der Waals surface area contributed by atoms with E-state index in [0.29, 0.717) is 12.1 Å². The van der Waals surface area contributed by atoms with Crippen molar-refractivity contribution in [3.05, 3.63) is 77.4 Å². The van der Waals surface area contributed by atoms with Gasteiger partial charge in [0, 0.05) is 12.6 Å². The maximum absolute atomic E-state index is 12.1. The molecule has 0 aliphatic heterocycles. The number of likely N-dealkylation sites (N-methyl/N-ethyl adjacent to an activating group) is 1. The first kappa shape index (κ1) is 19.4. The average Bonchev–Trinajstić information content (AvgIpc) is 2.67. The molecule has 0 spiro atoms. The zero-order valence-electron chi connectivity index (χ0n) is 15.3. The Morgan fingerprint density at radius 3 is 2.31 bits per heavy atom. The predicted octanol–water partition coefficient (Wildman–Crippen LogP) is 2.91. The quantitative estimate of drug-likeness (QED) is 0.615. The molecule has 26 heavy (non-hydrogen) atoms. The van der Waals surface area contributed by atoms with E-state index in [0.717, 1.165) is 11.1 Å². The molecular weight excluding hydrogens is 328 g/mol. The van der Waals surface area contributed by atoms with Crippen molar-refractivity contribution in [3.63, 3.8) is 0 Å². The van der Waals surface area contributed by atoms with Gasteiger partial charge >= 0.3 is 5.97 Å². The van der Waals surface area contributed by atoms with Gasteiger partial charge in [-0.25, -0.2) is 4.79 Å². The maximum atomic E-state index is 12.1. The summed E-state index contributed by atoms with van der Waals surface area (Å²) >= 11 is 0. The standard InChI is InChI=1S/C21H24N2O3/c1-23(2)19(17-7-5-4-6-8-17)15-22-20(24)14-11-16-9-12-18(13-10-16)21(25)26-3/h4-14,19H,15H2,1-3H3,(H,22,24)/b14-11+. The SMILES string of the molecule is COC(=O)c1ccc(/C=C/C(=O)NCC(c2ccccc2)N(C)C)cc1. The van der Waals surface area contributed by atoms with Crippen LogP contribution in [-0.4, -0.2) is 44.5 Å². The molecule has 1 atom stereocenters. The van der Waals surface area contributed by atoms with E-state index in [1.165, 1.54) is 13.2 Å². The molecular formula is C21H24N2O3. The van der Waals surface area contributed by atoms with Crippen molar-refractivity contribution in [2.45, 2.75) is 6.04 Å². The molecule has 1 unspecified atom stereocenters. The highest BCUT2D eigenvalue weighted by molar-refractivity contribution is 5.92. The second-order valence-electron chi connectivity index (χ2n) is 6.08. The van der Waals surface area contributed by atoms with Crippen molar-refractivity contribution in [1.29, 1.82) is 0 Å². The van der Waals surface area contributed by atoms with Crippen molar-refractivity contribution in [2.75, 3.05) is 27.7 Å². The van der Waals surface area contributed by atoms with Gasteiger partial charge in [0.05, 0.1) is 18.7 Å².